The second kappa shape index (κ2) is 6.55. The standard InChI is InChI=1S/C19H16BrN5O2/c1-10-7-13(4-5-15(10)20)25-18(26)14(11(2)24-25)9-21-12-3-6-16-17(8-12)23-19(27)22-16/h3-9,24H,1-2H3,(H2,22,23,27). The molecule has 0 aliphatic rings. The van der Waals surface area contributed by atoms with E-state index in [4.69, 9.17) is 0 Å². The Labute approximate surface area is 161 Å². The zero-order valence-corrected chi connectivity index (χ0v) is 16.2. The van der Waals surface area contributed by atoms with Crippen LogP contribution in [-0.4, -0.2) is 26.0 Å². The number of imidazole rings is 1. The molecule has 4 aromatic rings. The van der Waals surface area contributed by atoms with Crippen molar-refractivity contribution < 1.29 is 0 Å². The zero-order chi connectivity index (χ0) is 19.1. The Morgan fingerprint density at radius 3 is 2.59 bits per heavy atom. The Morgan fingerprint density at radius 2 is 1.81 bits per heavy atom. The van der Waals surface area contributed by atoms with Crippen molar-refractivity contribution in [2.75, 3.05) is 0 Å². The van der Waals surface area contributed by atoms with Crippen LogP contribution in [0.2, 0.25) is 0 Å². The molecule has 2 aromatic carbocycles. The number of benzene rings is 2. The van der Waals surface area contributed by atoms with Gasteiger partial charge in [0, 0.05) is 16.4 Å². The minimum absolute atomic E-state index is 0.172. The molecule has 7 nitrogen and oxygen atoms in total. The van der Waals surface area contributed by atoms with Gasteiger partial charge in [-0.1, -0.05) is 15.9 Å². The van der Waals surface area contributed by atoms with Gasteiger partial charge in [-0.15, -0.1) is 0 Å². The number of halogens is 1. The lowest BCUT2D eigenvalue weighted by molar-refractivity contribution is 0.834. The number of rotatable bonds is 3. The number of aromatic amines is 3. The molecule has 8 heteroatoms. The lowest BCUT2D eigenvalue weighted by atomic mass is 10.2. The molecule has 0 bridgehead atoms. The molecule has 136 valence electrons. The molecule has 2 heterocycles. The highest BCUT2D eigenvalue weighted by molar-refractivity contribution is 9.10. The Bertz CT molecular complexity index is 1310. The van der Waals surface area contributed by atoms with Gasteiger partial charge in [0.25, 0.3) is 5.56 Å². The molecule has 0 fully saturated rings. The van der Waals surface area contributed by atoms with Gasteiger partial charge in [0.2, 0.25) is 0 Å². The van der Waals surface area contributed by atoms with Crippen LogP contribution < -0.4 is 11.2 Å². The van der Waals surface area contributed by atoms with E-state index in [0.29, 0.717) is 22.3 Å². The molecule has 0 spiro atoms. The van der Waals surface area contributed by atoms with Crippen molar-refractivity contribution in [1.29, 1.82) is 0 Å². The number of H-pyrrole nitrogens is 3. The van der Waals surface area contributed by atoms with E-state index in [2.05, 4.69) is 36.0 Å². The highest BCUT2D eigenvalue weighted by Crippen LogP contribution is 2.19. The van der Waals surface area contributed by atoms with E-state index in [1.807, 2.05) is 32.0 Å². The number of hydrogen-bond donors (Lipinski definition) is 3. The van der Waals surface area contributed by atoms with Crippen molar-refractivity contribution >= 4 is 38.9 Å². The zero-order valence-electron chi connectivity index (χ0n) is 14.6. The first-order valence-corrected chi connectivity index (χ1v) is 9.06. The van der Waals surface area contributed by atoms with Crippen LogP contribution in [0.5, 0.6) is 0 Å². The Balaban J connectivity index is 1.72. The highest BCUT2D eigenvalue weighted by atomic mass is 79.9. The summed E-state index contributed by atoms with van der Waals surface area (Å²) in [6, 6.07) is 11.0. The Morgan fingerprint density at radius 1 is 1.04 bits per heavy atom. The second-order valence-electron chi connectivity index (χ2n) is 6.29. The number of aliphatic imine (C=N–C) groups is 1. The molecule has 4 rings (SSSR count). The summed E-state index contributed by atoms with van der Waals surface area (Å²) in [6.07, 6.45) is 1.54. The molecule has 0 saturated carbocycles. The van der Waals surface area contributed by atoms with Crippen LogP contribution in [0, 0.1) is 13.8 Å². The topological polar surface area (TPSA) is 98.8 Å². The van der Waals surface area contributed by atoms with Gasteiger partial charge in [0.05, 0.1) is 28.0 Å². The smallest absolute Gasteiger partial charge is 0.306 e. The number of nitrogens with one attached hydrogen (secondary N) is 3. The van der Waals surface area contributed by atoms with Gasteiger partial charge >= 0.3 is 5.69 Å². The fourth-order valence-electron chi connectivity index (χ4n) is 2.90. The number of aromatic nitrogens is 4. The second-order valence-corrected chi connectivity index (χ2v) is 7.15. The van der Waals surface area contributed by atoms with Gasteiger partial charge in [0.1, 0.15) is 0 Å². The first kappa shape index (κ1) is 17.3. The molecular weight excluding hydrogens is 410 g/mol. The quantitative estimate of drug-likeness (QED) is 0.437. The van der Waals surface area contributed by atoms with Gasteiger partial charge in [-0.2, -0.15) is 0 Å². The molecule has 0 aliphatic heterocycles. The van der Waals surface area contributed by atoms with Crippen molar-refractivity contribution in [2.24, 2.45) is 4.99 Å². The molecular formula is C19H16BrN5O2. The predicted molar refractivity (Wildman–Crippen MR) is 110 cm³/mol. The normalized spacial score (nSPS) is 11.7. The van der Waals surface area contributed by atoms with Crippen LogP contribution in [0.3, 0.4) is 0 Å². The predicted octanol–water partition coefficient (Wildman–Crippen LogP) is 3.47. The van der Waals surface area contributed by atoms with Gasteiger partial charge in [-0.05, 0) is 55.8 Å². The SMILES string of the molecule is Cc1cc(-n2[nH]c(C)c(C=Nc3ccc4[nH]c(=O)[nH]c4c3)c2=O)ccc1Br. The Kier molecular flexibility index (Phi) is 4.19. The Hall–Kier alpha value is -3.13. The minimum atomic E-state index is -0.264. The van der Waals surface area contributed by atoms with Gasteiger partial charge in [-0.3, -0.25) is 14.9 Å². The molecule has 0 unspecified atom stereocenters. The summed E-state index contributed by atoms with van der Waals surface area (Å²) in [4.78, 5) is 33.9. The van der Waals surface area contributed by atoms with E-state index < -0.39 is 0 Å². The minimum Gasteiger partial charge on any atom is -0.306 e. The monoisotopic (exact) mass is 425 g/mol. The summed E-state index contributed by atoms with van der Waals surface area (Å²) in [5, 5.41) is 3.09. The summed E-state index contributed by atoms with van der Waals surface area (Å²) >= 11 is 3.47. The van der Waals surface area contributed by atoms with Crippen molar-refractivity contribution in [1.82, 2.24) is 19.7 Å². The third-order valence-corrected chi connectivity index (χ3v) is 5.25. The first-order chi connectivity index (χ1) is 12.9. The van der Waals surface area contributed by atoms with Crippen LogP contribution in [0.15, 0.2) is 55.5 Å². The first-order valence-electron chi connectivity index (χ1n) is 8.26. The average Bonchev–Trinajstić information content (AvgIpc) is 3.14. The van der Waals surface area contributed by atoms with Crippen LogP contribution in [0.4, 0.5) is 5.69 Å². The molecule has 0 radical (unpaired) electrons. The van der Waals surface area contributed by atoms with Gasteiger partial charge in [-0.25, -0.2) is 9.48 Å². The molecule has 0 saturated heterocycles. The average molecular weight is 426 g/mol. The van der Waals surface area contributed by atoms with Gasteiger partial charge in [0.15, 0.2) is 0 Å². The molecule has 2 aromatic heterocycles. The third kappa shape index (κ3) is 3.19. The number of fused-ring (bicyclic) bond motifs is 1. The van der Waals surface area contributed by atoms with Gasteiger partial charge < -0.3 is 9.97 Å². The van der Waals surface area contributed by atoms with E-state index in [-0.39, 0.29) is 11.2 Å². The van der Waals surface area contributed by atoms with Crippen LogP contribution in [0.25, 0.3) is 16.7 Å². The number of nitrogens with zero attached hydrogens (tertiary/aromatic N) is 2. The summed E-state index contributed by atoms with van der Waals surface area (Å²) in [5.41, 5.74) is 4.59. The van der Waals surface area contributed by atoms with Crippen molar-refractivity contribution in [3.8, 4) is 5.69 Å². The van der Waals surface area contributed by atoms with Crippen molar-refractivity contribution in [2.45, 2.75) is 13.8 Å². The highest BCUT2D eigenvalue weighted by Gasteiger charge is 2.11. The van der Waals surface area contributed by atoms with E-state index >= 15 is 0 Å². The fourth-order valence-corrected chi connectivity index (χ4v) is 3.15. The summed E-state index contributed by atoms with van der Waals surface area (Å²) in [6.45, 7) is 3.80. The van der Waals surface area contributed by atoms with E-state index in [1.165, 1.54) is 4.68 Å². The summed E-state index contributed by atoms with van der Waals surface area (Å²) in [5.74, 6) is 0. The van der Waals surface area contributed by atoms with Crippen LogP contribution in [-0.2, 0) is 0 Å². The van der Waals surface area contributed by atoms with E-state index in [0.717, 1.165) is 21.4 Å². The molecule has 0 atom stereocenters. The maximum Gasteiger partial charge on any atom is 0.323 e. The fraction of sp³-hybridized carbons (Fsp3) is 0.105. The maximum atomic E-state index is 12.8. The van der Waals surface area contributed by atoms with E-state index in [1.54, 1.807) is 24.4 Å². The summed E-state index contributed by atoms with van der Waals surface area (Å²) in [7, 11) is 0. The lowest BCUT2D eigenvalue weighted by Gasteiger charge is -2.04. The largest absolute Gasteiger partial charge is 0.323 e. The maximum absolute atomic E-state index is 12.8. The van der Waals surface area contributed by atoms with Crippen molar-refractivity contribution in [3.63, 3.8) is 0 Å². The molecule has 0 amide bonds. The number of hydrogen-bond acceptors (Lipinski definition) is 3. The molecule has 0 aliphatic carbocycles. The van der Waals surface area contributed by atoms with Crippen molar-refractivity contribution in [3.05, 3.63) is 78.5 Å². The van der Waals surface area contributed by atoms with Crippen LogP contribution in [0.1, 0.15) is 16.8 Å². The molecule has 27 heavy (non-hydrogen) atoms. The summed E-state index contributed by atoms with van der Waals surface area (Å²) < 4.78 is 2.49. The van der Waals surface area contributed by atoms with E-state index in [9.17, 15) is 9.59 Å². The van der Waals surface area contributed by atoms with Crippen LogP contribution >= 0.6 is 15.9 Å². The molecule has 3 N–H and O–H groups in total. The number of aryl methyl sites for hydroxylation is 2. The third-order valence-electron chi connectivity index (χ3n) is 4.36. The lowest BCUT2D eigenvalue weighted by Crippen LogP contribution is -2.17.